The Morgan fingerprint density at radius 2 is 1.90 bits per heavy atom. The van der Waals surface area contributed by atoms with Crippen molar-refractivity contribution in [3.63, 3.8) is 0 Å². The average Bonchev–Trinajstić information content (AvgIpc) is 2.46. The molecule has 0 saturated carbocycles. The van der Waals surface area contributed by atoms with Crippen molar-refractivity contribution in [2.75, 3.05) is 7.05 Å². The van der Waals surface area contributed by atoms with Crippen LogP contribution in [0.5, 0.6) is 5.75 Å². The van der Waals surface area contributed by atoms with E-state index in [2.05, 4.69) is 21.2 Å². The van der Waals surface area contributed by atoms with Crippen LogP contribution in [-0.2, 0) is 6.61 Å². The van der Waals surface area contributed by atoms with Gasteiger partial charge in [0.05, 0.1) is 0 Å². The second-order valence-corrected chi connectivity index (χ2v) is 5.52. The summed E-state index contributed by atoms with van der Waals surface area (Å²) in [5.41, 5.74) is 1.68. The maximum absolute atomic E-state index is 13.9. The topological polar surface area (TPSA) is 21.3 Å². The number of ether oxygens (including phenoxy) is 1. The zero-order valence-electron chi connectivity index (χ0n) is 11.5. The van der Waals surface area contributed by atoms with E-state index in [0.717, 1.165) is 10.0 Å². The lowest BCUT2D eigenvalue weighted by Crippen LogP contribution is -2.13. The van der Waals surface area contributed by atoms with Gasteiger partial charge in [-0.2, -0.15) is 0 Å². The van der Waals surface area contributed by atoms with Gasteiger partial charge in [-0.1, -0.05) is 34.1 Å². The van der Waals surface area contributed by atoms with Crippen molar-refractivity contribution in [3.8, 4) is 5.75 Å². The molecule has 106 valence electrons. The van der Waals surface area contributed by atoms with E-state index in [4.69, 9.17) is 4.74 Å². The van der Waals surface area contributed by atoms with Crippen LogP contribution in [0.4, 0.5) is 4.39 Å². The SMILES string of the molecule is CNC(C)c1ccc(OCc2ccc(Br)cc2)cc1F. The lowest BCUT2D eigenvalue weighted by atomic mass is 10.1. The van der Waals surface area contributed by atoms with E-state index in [-0.39, 0.29) is 11.9 Å². The van der Waals surface area contributed by atoms with E-state index >= 15 is 0 Å². The molecule has 0 amide bonds. The number of nitrogens with one attached hydrogen (secondary N) is 1. The minimum absolute atomic E-state index is 0.0180. The molecule has 2 aromatic carbocycles. The summed E-state index contributed by atoms with van der Waals surface area (Å²) in [4.78, 5) is 0. The van der Waals surface area contributed by atoms with Crippen LogP contribution in [0.15, 0.2) is 46.9 Å². The molecule has 0 spiro atoms. The number of hydrogen-bond acceptors (Lipinski definition) is 2. The number of benzene rings is 2. The minimum atomic E-state index is -0.250. The number of halogens is 2. The van der Waals surface area contributed by atoms with Gasteiger partial charge in [0.15, 0.2) is 0 Å². The summed E-state index contributed by atoms with van der Waals surface area (Å²) in [6.07, 6.45) is 0. The van der Waals surface area contributed by atoms with Gasteiger partial charge in [-0.15, -0.1) is 0 Å². The summed E-state index contributed by atoms with van der Waals surface area (Å²) >= 11 is 3.38. The summed E-state index contributed by atoms with van der Waals surface area (Å²) in [5.74, 6) is 0.289. The molecule has 1 unspecified atom stereocenters. The van der Waals surface area contributed by atoms with Crippen LogP contribution in [0.3, 0.4) is 0 Å². The van der Waals surface area contributed by atoms with Crippen LogP contribution in [0.2, 0.25) is 0 Å². The minimum Gasteiger partial charge on any atom is -0.489 e. The molecule has 4 heteroatoms. The highest BCUT2D eigenvalue weighted by molar-refractivity contribution is 9.10. The summed E-state index contributed by atoms with van der Waals surface area (Å²) in [7, 11) is 1.81. The molecular formula is C16H17BrFNO. The van der Waals surface area contributed by atoms with Crippen LogP contribution in [0.25, 0.3) is 0 Å². The van der Waals surface area contributed by atoms with E-state index < -0.39 is 0 Å². The number of hydrogen-bond donors (Lipinski definition) is 1. The van der Waals surface area contributed by atoms with E-state index in [1.165, 1.54) is 6.07 Å². The third-order valence-electron chi connectivity index (χ3n) is 3.19. The highest BCUT2D eigenvalue weighted by Gasteiger charge is 2.10. The third-order valence-corrected chi connectivity index (χ3v) is 3.72. The van der Waals surface area contributed by atoms with Gasteiger partial charge < -0.3 is 10.1 Å². The Hall–Kier alpha value is -1.39. The molecule has 1 N–H and O–H groups in total. The monoisotopic (exact) mass is 337 g/mol. The molecule has 0 radical (unpaired) electrons. The predicted octanol–water partition coefficient (Wildman–Crippen LogP) is 4.45. The largest absolute Gasteiger partial charge is 0.489 e. The standard InChI is InChI=1S/C16H17BrFNO/c1-11(19-2)15-8-7-14(9-16(15)18)20-10-12-3-5-13(17)6-4-12/h3-9,11,19H,10H2,1-2H3. The van der Waals surface area contributed by atoms with Gasteiger partial charge in [0.2, 0.25) is 0 Å². The molecule has 0 aliphatic carbocycles. The molecule has 0 aliphatic heterocycles. The van der Waals surface area contributed by atoms with Crippen LogP contribution >= 0.6 is 15.9 Å². The van der Waals surface area contributed by atoms with Crippen LogP contribution in [0.1, 0.15) is 24.1 Å². The van der Waals surface area contributed by atoms with E-state index in [9.17, 15) is 4.39 Å². The molecule has 1 atom stereocenters. The average molecular weight is 338 g/mol. The first kappa shape index (κ1) is 15.0. The van der Waals surface area contributed by atoms with Gasteiger partial charge in [-0.05, 0) is 37.7 Å². The molecule has 0 aromatic heterocycles. The van der Waals surface area contributed by atoms with Crippen molar-refractivity contribution < 1.29 is 9.13 Å². The fourth-order valence-electron chi connectivity index (χ4n) is 1.85. The first-order chi connectivity index (χ1) is 9.60. The van der Waals surface area contributed by atoms with Crippen molar-refractivity contribution in [2.45, 2.75) is 19.6 Å². The van der Waals surface area contributed by atoms with Crippen molar-refractivity contribution >= 4 is 15.9 Å². The summed E-state index contributed by atoms with van der Waals surface area (Å²) in [6, 6.07) is 12.8. The van der Waals surface area contributed by atoms with Gasteiger partial charge in [0, 0.05) is 22.1 Å². The smallest absolute Gasteiger partial charge is 0.131 e. The van der Waals surface area contributed by atoms with Gasteiger partial charge in [-0.3, -0.25) is 0 Å². The predicted molar refractivity (Wildman–Crippen MR) is 82.3 cm³/mol. The first-order valence-electron chi connectivity index (χ1n) is 6.44. The normalized spacial score (nSPS) is 12.2. The lowest BCUT2D eigenvalue weighted by molar-refractivity contribution is 0.304. The lowest BCUT2D eigenvalue weighted by Gasteiger charge is -2.13. The summed E-state index contributed by atoms with van der Waals surface area (Å²) in [5, 5.41) is 3.02. The molecule has 0 fully saturated rings. The zero-order chi connectivity index (χ0) is 14.5. The van der Waals surface area contributed by atoms with Crippen molar-refractivity contribution in [1.29, 1.82) is 0 Å². The maximum Gasteiger partial charge on any atom is 0.131 e. The van der Waals surface area contributed by atoms with Gasteiger partial charge in [-0.25, -0.2) is 4.39 Å². The van der Waals surface area contributed by atoms with E-state index in [1.54, 1.807) is 12.1 Å². The molecule has 0 bridgehead atoms. The maximum atomic E-state index is 13.9. The molecule has 0 heterocycles. The Balaban J connectivity index is 2.03. The van der Waals surface area contributed by atoms with E-state index in [1.807, 2.05) is 38.2 Å². The molecule has 2 nitrogen and oxygen atoms in total. The fraction of sp³-hybridized carbons (Fsp3) is 0.250. The Labute approximate surface area is 127 Å². The molecule has 0 saturated heterocycles. The molecular weight excluding hydrogens is 321 g/mol. The second kappa shape index (κ2) is 6.86. The first-order valence-corrected chi connectivity index (χ1v) is 7.23. The highest BCUT2D eigenvalue weighted by atomic mass is 79.9. The Bertz CT molecular complexity index is 571. The second-order valence-electron chi connectivity index (χ2n) is 4.61. The molecule has 2 rings (SSSR count). The van der Waals surface area contributed by atoms with Crippen molar-refractivity contribution in [3.05, 3.63) is 63.9 Å². The molecule has 2 aromatic rings. The van der Waals surface area contributed by atoms with Crippen LogP contribution in [-0.4, -0.2) is 7.05 Å². The quantitative estimate of drug-likeness (QED) is 0.870. The molecule has 20 heavy (non-hydrogen) atoms. The van der Waals surface area contributed by atoms with Crippen molar-refractivity contribution in [2.24, 2.45) is 0 Å². The van der Waals surface area contributed by atoms with Crippen LogP contribution < -0.4 is 10.1 Å². The molecule has 0 aliphatic rings. The van der Waals surface area contributed by atoms with Crippen molar-refractivity contribution in [1.82, 2.24) is 5.32 Å². The highest BCUT2D eigenvalue weighted by Crippen LogP contribution is 2.22. The Kier molecular flexibility index (Phi) is 5.15. The van der Waals surface area contributed by atoms with Gasteiger partial charge in [0.25, 0.3) is 0 Å². The Morgan fingerprint density at radius 1 is 1.20 bits per heavy atom. The fourth-order valence-corrected chi connectivity index (χ4v) is 2.12. The number of rotatable bonds is 5. The van der Waals surface area contributed by atoms with Crippen LogP contribution in [0, 0.1) is 5.82 Å². The third kappa shape index (κ3) is 3.81. The van der Waals surface area contributed by atoms with Gasteiger partial charge in [0.1, 0.15) is 18.2 Å². The van der Waals surface area contributed by atoms with Gasteiger partial charge >= 0.3 is 0 Å². The zero-order valence-corrected chi connectivity index (χ0v) is 13.1. The van der Waals surface area contributed by atoms with E-state index in [0.29, 0.717) is 17.9 Å². The Morgan fingerprint density at radius 3 is 2.50 bits per heavy atom. The summed E-state index contributed by atoms with van der Waals surface area (Å²) in [6.45, 7) is 2.34. The summed E-state index contributed by atoms with van der Waals surface area (Å²) < 4.78 is 20.6.